The Labute approximate surface area is 204 Å². The average molecular weight is 497 g/mol. The molecule has 2 aromatic carbocycles. The maximum absolute atomic E-state index is 12.3. The molecule has 0 saturated heterocycles. The summed E-state index contributed by atoms with van der Waals surface area (Å²) in [6.45, 7) is 0. The van der Waals surface area contributed by atoms with Crippen LogP contribution in [-0.4, -0.2) is 28.1 Å². The second kappa shape index (κ2) is 10.2. The molecule has 172 valence electrons. The number of hydrogen-bond acceptors (Lipinski definition) is 7. The molecule has 0 aliphatic heterocycles. The highest BCUT2D eigenvalue weighted by atomic mass is 35.5. The number of carbonyl (C=O) groups is 1. The van der Waals surface area contributed by atoms with Gasteiger partial charge in [-0.3, -0.25) is 0 Å². The number of nitrogen functional groups attached to an aromatic ring is 1. The van der Waals surface area contributed by atoms with Gasteiger partial charge in [0.15, 0.2) is 0 Å². The molecule has 0 aliphatic rings. The fraction of sp³-hybridized carbons (Fsp3) is 0.0435. The Bertz CT molecular complexity index is 1320. The van der Waals surface area contributed by atoms with Gasteiger partial charge >= 0.3 is 12.0 Å². The van der Waals surface area contributed by atoms with Crippen molar-refractivity contribution in [2.75, 3.05) is 23.5 Å². The van der Waals surface area contributed by atoms with E-state index in [-0.39, 0.29) is 6.01 Å². The first-order valence-corrected chi connectivity index (χ1v) is 10.6. The molecule has 0 radical (unpaired) electrons. The van der Waals surface area contributed by atoms with Crippen molar-refractivity contribution in [3.8, 4) is 28.6 Å². The molecule has 4 rings (SSSR count). The number of amides is 2. The van der Waals surface area contributed by atoms with Crippen LogP contribution in [-0.2, 0) is 0 Å². The van der Waals surface area contributed by atoms with Gasteiger partial charge in [0.25, 0.3) is 0 Å². The summed E-state index contributed by atoms with van der Waals surface area (Å²) in [5.74, 6) is 1.33. The minimum atomic E-state index is -0.497. The second-order valence-corrected chi connectivity index (χ2v) is 7.76. The summed E-state index contributed by atoms with van der Waals surface area (Å²) in [6, 6.07) is 13.4. The molecule has 4 aromatic rings. The number of urea groups is 1. The van der Waals surface area contributed by atoms with Crippen molar-refractivity contribution in [3.05, 3.63) is 77.2 Å². The van der Waals surface area contributed by atoms with Crippen LogP contribution in [0.3, 0.4) is 0 Å². The van der Waals surface area contributed by atoms with Gasteiger partial charge in [-0.1, -0.05) is 35.3 Å². The van der Waals surface area contributed by atoms with Crippen LogP contribution in [0.4, 0.5) is 22.0 Å². The summed E-state index contributed by atoms with van der Waals surface area (Å²) >= 11 is 11.9. The SMILES string of the molecule is COc1cc(Cl)ccc1NC(=O)Nc1cnc(Oc2ccc(-c3cc(Cl)cnc3N)cc2)nc1. The number of rotatable bonds is 6. The Hall–Kier alpha value is -4.08. The zero-order valence-corrected chi connectivity index (χ0v) is 19.3. The molecule has 4 N–H and O–H groups in total. The van der Waals surface area contributed by atoms with Crippen molar-refractivity contribution in [2.45, 2.75) is 0 Å². The third kappa shape index (κ3) is 5.64. The molecule has 2 amide bonds. The molecule has 2 aromatic heterocycles. The molecular weight excluding hydrogens is 479 g/mol. The molecule has 11 heteroatoms. The quantitative estimate of drug-likeness (QED) is 0.304. The third-order valence-corrected chi connectivity index (χ3v) is 5.00. The minimum Gasteiger partial charge on any atom is -0.495 e. The van der Waals surface area contributed by atoms with Crippen molar-refractivity contribution in [3.63, 3.8) is 0 Å². The molecule has 2 heterocycles. The van der Waals surface area contributed by atoms with E-state index in [2.05, 4.69) is 25.6 Å². The van der Waals surface area contributed by atoms with Gasteiger partial charge < -0.3 is 25.8 Å². The summed E-state index contributed by atoms with van der Waals surface area (Å²) in [5.41, 5.74) is 8.32. The highest BCUT2D eigenvalue weighted by Crippen LogP contribution is 2.30. The van der Waals surface area contributed by atoms with Gasteiger partial charge in [0.1, 0.15) is 17.3 Å². The first-order valence-electron chi connectivity index (χ1n) is 9.84. The Kier molecular flexibility index (Phi) is 6.95. The van der Waals surface area contributed by atoms with E-state index in [1.165, 1.54) is 25.7 Å². The normalized spacial score (nSPS) is 10.4. The molecular formula is C23H18Cl2N6O3. The number of carbonyl (C=O) groups excluding carboxylic acids is 1. The zero-order chi connectivity index (χ0) is 24.1. The van der Waals surface area contributed by atoms with Gasteiger partial charge in [0.05, 0.1) is 35.9 Å². The Balaban J connectivity index is 1.37. The van der Waals surface area contributed by atoms with Crippen molar-refractivity contribution < 1.29 is 14.3 Å². The van der Waals surface area contributed by atoms with Crippen molar-refractivity contribution >= 4 is 46.4 Å². The highest BCUT2D eigenvalue weighted by molar-refractivity contribution is 6.31. The van der Waals surface area contributed by atoms with Crippen LogP contribution >= 0.6 is 23.2 Å². The number of methoxy groups -OCH3 is 1. The van der Waals surface area contributed by atoms with Crippen LogP contribution < -0.4 is 25.8 Å². The maximum Gasteiger partial charge on any atom is 0.323 e. The van der Waals surface area contributed by atoms with Gasteiger partial charge in [-0.15, -0.1) is 0 Å². The highest BCUT2D eigenvalue weighted by Gasteiger charge is 2.10. The number of aromatic nitrogens is 3. The summed E-state index contributed by atoms with van der Waals surface area (Å²) in [5, 5.41) is 6.30. The van der Waals surface area contributed by atoms with Crippen LogP contribution in [0.5, 0.6) is 17.5 Å². The Morgan fingerprint density at radius 2 is 1.65 bits per heavy atom. The van der Waals surface area contributed by atoms with Crippen LogP contribution in [0, 0.1) is 0 Å². The number of anilines is 3. The molecule has 0 bridgehead atoms. The smallest absolute Gasteiger partial charge is 0.323 e. The average Bonchev–Trinajstić information content (AvgIpc) is 2.83. The molecule has 0 unspecified atom stereocenters. The number of benzene rings is 2. The number of pyridine rings is 1. The lowest BCUT2D eigenvalue weighted by atomic mass is 10.1. The van der Waals surface area contributed by atoms with Gasteiger partial charge in [-0.2, -0.15) is 0 Å². The lowest BCUT2D eigenvalue weighted by Crippen LogP contribution is -2.20. The largest absolute Gasteiger partial charge is 0.495 e. The van der Waals surface area contributed by atoms with E-state index in [1.807, 2.05) is 12.1 Å². The van der Waals surface area contributed by atoms with Crippen LogP contribution in [0.1, 0.15) is 0 Å². The first-order chi connectivity index (χ1) is 16.4. The van der Waals surface area contributed by atoms with Crippen molar-refractivity contribution in [2.24, 2.45) is 0 Å². The van der Waals surface area contributed by atoms with Crippen LogP contribution in [0.25, 0.3) is 11.1 Å². The number of nitrogens with zero attached hydrogens (tertiary/aromatic N) is 3. The molecule has 0 atom stereocenters. The van der Waals surface area contributed by atoms with E-state index in [1.54, 1.807) is 36.4 Å². The second-order valence-electron chi connectivity index (χ2n) is 6.89. The van der Waals surface area contributed by atoms with Gasteiger partial charge in [0, 0.05) is 22.8 Å². The first kappa shape index (κ1) is 23.1. The number of nitrogens with two attached hydrogens (primary N) is 1. The minimum absolute atomic E-state index is 0.113. The molecule has 34 heavy (non-hydrogen) atoms. The predicted molar refractivity (Wildman–Crippen MR) is 132 cm³/mol. The molecule has 0 saturated carbocycles. The Morgan fingerprint density at radius 3 is 2.35 bits per heavy atom. The van der Waals surface area contributed by atoms with Crippen molar-refractivity contribution in [1.29, 1.82) is 0 Å². The number of ether oxygens (including phenoxy) is 2. The fourth-order valence-corrected chi connectivity index (χ4v) is 3.30. The Morgan fingerprint density at radius 1 is 0.912 bits per heavy atom. The lowest BCUT2D eigenvalue weighted by molar-refractivity contribution is 0.262. The van der Waals surface area contributed by atoms with Crippen molar-refractivity contribution in [1.82, 2.24) is 15.0 Å². The lowest BCUT2D eigenvalue weighted by Gasteiger charge is -2.11. The summed E-state index contributed by atoms with van der Waals surface area (Å²) in [4.78, 5) is 24.6. The van der Waals surface area contributed by atoms with Gasteiger partial charge in [-0.05, 0) is 35.9 Å². The third-order valence-electron chi connectivity index (χ3n) is 4.56. The standard InChI is InChI=1S/C23H18Cl2N6O3/c1-33-20-9-14(24)4-7-19(20)31-22(32)30-16-11-28-23(29-12-16)34-17-5-2-13(3-6-17)18-8-15(25)10-27-21(18)26/h2-12H,1H3,(H2,26,27)(H2,30,31,32). The maximum atomic E-state index is 12.3. The zero-order valence-electron chi connectivity index (χ0n) is 17.8. The van der Waals surface area contributed by atoms with Crippen LogP contribution in [0.15, 0.2) is 67.1 Å². The number of hydrogen-bond donors (Lipinski definition) is 3. The van der Waals surface area contributed by atoms with E-state index < -0.39 is 6.03 Å². The molecule has 0 fully saturated rings. The van der Waals surface area contributed by atoms with E-state index >= 15 is 0 Å². The fourth-order valence-electron chi connectivity index (χ4n) is 2.98. The van der Waals surface area contributed by atoms with E-state index in [9.17, 15) is 4.79 Å². The molecule has 0 spiro atoms. The summed E-state index contributed by atoms with van der Waals surface area (Å²) in [6.07, 6.45) is 4.34. The topological polar surface area (TPSA) is 124 Å². The monoisotopic (exact) mass is 496 g/mol. The summed E-state index contributed by atoms with van der Waals surface area (Å²) < 4.78 is 10.9. The van der Waals surface area contributed by atoms with Gasteiger partial charge in [0.2, 0.25) is 0 Å². The van der Waals surface area contributed by atoms with Crippen LogP contribution in [0.2, 0.25) is 10.0 Å². The molecule has 9 nitrogen and oxygen atoms in total. The number of halogens is 2. The number of nitrogens with one attached hydrogen (secondary N) is 2. The summed E-state index contributed by atoms with van der Waals surface area (Å²) in [7, 11) is 1.48. The molecule has 0 aliphatic carbocycles. The van der Waals surface area contributed by atoms with E-state index in [4.69, 9.17) is 38.4 Å². The van der Waals surface area contributed by atoms with Gasteiger partial charge in [-0.25, -0.2) is 19.7 Å². The van der Waals surface area contributed by atoms with E-state index in [0.717, 1.165) is 11.1 Å². The van der Waals surface area contributed by atoms with E-state index in [0.29, 0.717) is 38.7 Å². The predicted octanol–water partition coefficient (Wildman–Crippen LogP) is 5.87.